The van der Waals surface area contributed by atoms with E-state index in [1.165, 1.54) is 12.1 Å². The first kappa shape index (κ1) is 12.5. The van der Waals surface area contributed by atoms with Gasteiger partial charge in [-0.15, -0.1) is 0 Å². The number of aliphatic hydroxyl groups is 1. The number of aromatic nitrogens is 1. The predicted octanol–water partition coefficient (Wildman–Crippen LogP) is 2.50. The molecular formula is C14H15FN2O. The Labute approximate surface area is 105 Å². The van der Waals surface area contributed by atoms with E-state index in [1.807, 2.05) is 13.8 Å². The molecule has 1 aromatic carbocycles. The number of nitrogen functional groups attached to an aromatic ring is 1. The third kappa shape index (κ3) is 2.19. The number of aliphatic hydroxyl groups excluding tert-OH is 1. The van der Waals surface area contributed by atoms with Crippen molar-refractivity contribution in [3.63, 3.8) is 0 Å². The van der Waals surface area contributed by atoms with Gasteiger partial charge in [-0.1, -0.05) is 6.07 Å². The van der Waals surface area contributed by atoms with Crippen LogP contribution in [-0.2, 0) is 0 Å². The highest BCUT2D eigenvalue weighted by Gasteiger charge is 2.18. The fourth-order valence-electron chi connectivity index (χ4n) is 2.01. The second-order valence-electron chi connectivity index (χ2n) is 4.33. The van der Waals surface area contributed by atoms with Crippen molar-refractivity contribution in [2.75, 3.05) is 5.73 Å². The highest BCUT2D eigenvalue weighted by molar-refractivity contribution is 5.50. The summed E-state index contributed by atoms with van der Waals surface area (Å²) in [7, 11) is 0. The van der Waals surface area contributed by atoms with Crippen LogP contribution in [-0.4, -0.2) is 10.1 Å². The predicted molar refractivity (Wildman–Crippen MR) is 68.6 cm³/mol. The molecule has 0 saturated carbocycles. The largest absolute Gasteiger partial charge is 0.383 e. The second-order valence-corrected chi connectivity index (χ2v) is 4.33. The molecule has 1 unspecified atom stereocenters. The van der Waals surface area contributed by atoms with Crippen molar-refractivity contribution in [1.82, 2.24) is 4.98 Å². The topological polar surface area (TPSA) is 59.1 Å². The molecule has 0 spiro atoms. The number of aryl methyl sites for hydroxylation is 2. The summed E-state index contributed by atoms with van der Waals surface area (Å²) in [5.74, 6) is -0.110. The van der Waals surface area contributed by atoms with Gasteiger partial charge < -0.3 is 10.8 Å². The summed E-state index contributed by atoms with van der Waals surface area (Å²) >= 11 is 0. The zero-order valence-corrected chi connectivity index (χ0v) is 10.3. The zero-order chi connectivity index (χ0) is 13.3. The summed E-state index contributed by atoms with van der Waals surface area (Å²) < 4.78 is 13.3. The number of benzene rings is 1. The van der Waals surface area contributed by atoms with Crippen molar-refractivity contribution < 1.29 is 9.50 Å². The standard InChI is InChI=1S/C14H15FN2O/c1-8-3-4-10(15)7-11(8)13(18)12-9(2)5-6-17-14(12)16/h3-7,13,18H,1-2H3,(H2,16,17). The molecule has 0 saturated heterocycles. The molecule has 0 aliphatic rings. The van der Waals surface area contributed by atoms with Gasteiger partial charge >= 0.3 is 0 Å². The van der Waals surface area contributed by atoms with Crippen LogP contribution in [0.2, 0.25) is 0 Å². The van der Waals surface area contributed by atoms with Crippen LogP contribution in [0.3, 0.4) is 0 Å². The molecule has 1 heterocycles. The van der Waals surface area contributed by atoms with Gasteiger partial charge in [-0.25, -0.2) is 9.37 Å². The molecule has 3 nitrogen and oxygen atoms in total. The summed E-state index contributed by atoms with van der Waals surface area (Å²) in [6.07, 6.45) is 0.619. The molecule has 0 fully saturated rings. The van der Waals surface area contributed by atoms with E-state index >= 15 is 0 Å². The van der Waals surface area contributed by atoms with E-state index in [2.05, 4.69) is 4.98 Å². The third-order valence-corrected chi connectivity index (χ3v) is 3.05. The maximum absolute atomic E-state index is 13.3. The molecule has 0 aliphatic heterocycles. The maximum atomic E-state index is 13.3. The molecule has 4 heteroatoms. The Morgan fingerprint density at radius 3 is 2.61 bits per heavy atom. The number of nitrogens with zero attached hydrogens (tertiary/aromatic N) is 1. The van der Waals surface area contributed by atoms with Gasteiger partial charge in [-0.3, -0.25) is 0 Å². The van der Waals surface area contributed by atoms with E-state index in [0.717, 1.165) is 11.1 Å². The van der Waals surface area contributed by atoms with Crippen LogP contribution in [0, 0.1) is 19.7 Å². The molecule has 1 atom stereocenters. The Hall–Kier alpha value is -1.94. The Balaban J connectivity index is 2.54. The van der Waals surface area contributed by atoms with E-state index in [4.69, 9.17) is 5.73 Å². The van der Waals surface area contributed by atoms with Gasteiger partial charge in [0.2, 0.25) is 0 Å². The lowest BCUT2D eigenvalue weighted by molar-refractivity contribution is 0.218. The van der Waals surface area contributed by atoms with Crippen LogP contribution >= 0.6 is 0 Å². The van der Waals surface area contributed by atoms with Crippen molar-refractivity contribution in [1.29, 1.82) is 0 Å². The first-order valence-corrected chi connectivity index (χ1v) is 5.66. The van der Waals surface area contributed by atoms with Crippen LogP contribution in [0.1, 0.15) is 28.4 Å². The number of halogens is 1. The number of rotatable bonds is 2. The van der Waals surface area contributed by atoms with Crippen molar-refractivity contribution >= 4 is 5.82 Å². The molecule has 2 aromatic rings. The van der Waals surface area contributed by atoms with Crippen LogP contribution in [0.5, 0.6) is 0 Å². The number of anilines is 1. The minimum Gasteiger partial charge on any atom is -0.383 e. The van der Waals surface area contributed by atoms with Crippen molar-refractivity contribution in [2.45, 2.75) is 20.0 Å². The lowest BCUT2D eigenvalue weighted by Crippen LogP contribution is -2.09. The Bertz CT molecular complexity index is 564. The van der Waals surface area contributed by atoms with Crippen molar-refractivity contribution in [3.8, 4) is 0 Å². The monoisotopic (exact) mass is 246 g/mol. The van der Waals surface area contributed by atoms with E-state index in [0.29, 0.717) is 11.1 Å². The summed E-state index contributed by atoms with van der Waals surface area (Å²) in [5, 5.41) is 10.4. The summed E-state index contributed by atoms with van der Waals surface area (Å²) in [6, 6.07) is 6.09. The normalized spacial score (nSPS) is 12.4. The molecule has 1 aromatic heterocycles. The third-order valence-electron chi connectivity index (χ3n) is 3.05. The van der Waals surface area contributed by atoms with E-state index < -0.39 is 6.10 Å². The second kappa shape index (κ2) is 4.74. The van der Waals surface area contributed by atoms with Crippen LogP contribution in [0.15, 0.2) is 30.5 Å². The highest BCUT2D eigenvalue weighted by atomic mass is 19.1. The molecule has 18 heavy (non-hydrogen) atoms. The van der Waals surface area contributed by atoms with Crippen LogP contribution in [0.4, 0.5) is 10.2 Å². The van der Waals surface area contributed by atoms with E-state index in [9.17, 15) is 9.50 Å². The van der Waals surface area contributed by atoms with Crippen molar-refractivity contribution in [3.05, 3.63) is 58.5 Å². The molecule has 94 valence electrons. The first-order valence-electron chi connectivity index (χ1n) is 5.66. The average Bonchev–Trinajstić information content (AvgIpc) is 2.32. The number of hydrogen-bond acceptors (Lipinski definition) is 3. The summed E-state index contributed by atoms with van der Waals surface area (Å²) in [5.41, 5.74) is 8.47. The Morgan fingerprint density at radius 2 is 1.94 bits per heavy atom. The fraction of sp³-hybridized carbons (Fsp3) is 0.214. The summed E-state index contributed by atoms with van der Waals surface area (Å²) in [6.45, 7) is 3.66. The molecule has 2 rings (SSSR count). The number of hydrogen-bond donors (Lipinski definition) is 2. The van der Waals surface area contributed by atoms with Gasteiger partial charge in [-0.05, 0) is 48.7 Å². The van der Waals surface area contributed by atoms with Gasteiger partial charge in [-0.2, -0.15) is 0 Å². The van der Waals surface area contributed by atoms with Gasteiger partial charge in [0.1, 0.15) is 17.7 Å². The van der Waals surface area contributed by atoms with Gasteiger partial charge in [0.15, 0.2) is 0 Å². The first-order chi connectivity index (χ1) is 8.50. The lowest BCUT2D eigenvalue weighted by atomic mass is 9.95. The minimum atomic E-state index is -0.964. The molecular weight excluding hydrogens is 231 g/mol. The SMILES string of the molecule is Cc1ccc(F)cc1C(O)c1c(C)ccnc1N. The smallest absolute Gasteiger partial charge is 0.129 e. The molecule has 0 bridgehead atoms. The quantitative estimate of drug-likeness (QED) is 0.856. The van der Waals surface area contributed by atoms with Gasteiger partial charge in [0, 0.05) is 11.8 Å². The lowest BCUT2D eigenvalue weighted by Gasteiger charge is -2.17. The van der Waals surface area contributed by atoms with Gasteiger partial charge in [0.25, 0.3) is 0 Å². The van der Waals surface area contributed by atoms with E-state index in [-0.39, 0.29) is 11.6 Å². The Morgan fingerprint density at radius 1 is 1.22 bits per heavy atom. The van der Waals surface area contributed by atoms with E-state index in [1.54, 1.807) is 18.3 Å². The van der Waals surface area contributed by atoms with Crippen molar-refractivity contribution in [2.24, 2.45) is 0 Å². The number of nitrogens with two attached hydrogens (primary N) is 1. The zero-order valence-electron chi connectivity index (χ0n) is 10.3. The summed E-state index contributed by atoms with van der Waals surface area (Å²) in [4.78, 5) is 3.96. The fourth-order valence-corrected chi connectivity index (χ4v) is 2.01. The number of pyridine rings is 1. The van der Waals surface area contributed by atoms with Crippen LogP contribution in [0.25, 0.3) is 0 Å². The minimum absolute atomic E-state index is 0.270. The molecule has 0 aliphatic carbocycles. The average molecular weight is 246 g/mol. The molecule has 3 N–H and O–H groups in total. The molecule has 0 radical (unpaired) electrons. The Kier molecular flexibility index (Phi) is 3.30. The molecule has 0 amide bonds. The van der Waals surface area contributed by atoms with Gasteiger partial charge in [0.05, 0.1) is 0 Å². The van der Waals surface area contributed by atoms with Crippen LogP contribution < -0.4 is 5.73 Å². The maximum Gasteiger partial charge on any atom is 0.129 e. The highest BCUT2D eigenvalue weighted by Crippen LogP contribution is 2.30.